The highest BCUT2D eigenvalue weighted by Crippen LogP contribution is 2.37. The lowest BCUT2D eigenvalue weighted by Gasteiger charge is -2.38. The summed E-state index contributed by atoms with van der Waals surface area (Å²) in [5, 5.41) is 0. The van der Waals surface area contributed by atoms with E-state index in [1.54, 1.807) is 19.1 Å². The van der Waals surface area contributed by atoms with Gasteiger partial charge in [-0.1, -0.05) is 18.2 Å². The Morgan fingerprint density at radius 1 is 1.06 bits per heavy atom. The average Bonchev–Trinajstić information content (AvgIpc) is 3.00. The van der Waals surface area contributed by atoms with Gasteiger partial charge in [0.2, 0.25) is 0 Å². The SMILES string of the molecule is Cc1nc(=O)n(CCCN2C3CCC2CC(OCc2ccccc2F)C3)c(=O)n1CCF. The zero-order chi connectivity index (χ0) is 22.7. The molecule has 2 saturated heterocycles. The third kappa shape index (κ3) is 4.83. The highest BCUT2D eigenvalue weighted by molar-refractivity contribution is 5.16. The number of aromatic nitrogens is 3. The molecular formula is C23H30F2N4O3. The lowest BCUT2D eigenvalue weighted by Crippen LogP contribution is -2.47. The normalized spacial score (nSPS) is 23.0. The lowest BCUT2D eigenvalue weighted by molar-refractivity contribution is -0.0293. The quantitative estimate of drug-likeness (QED) is 0.589. The summed E-state index contributed by atoms with van der Waals surface area (Å²) in [6.45, 7) is 2.09. The summed E-state index contributed by atoms with van der Waals surface area (Å²) >= 11 is 0. The van der Waals surface area contributed by atoms with Crippen molar-refractivity contribution in [2.45, 2.75) is 76.9 Å². The van der Waals surface area contributed by atoms with Crippen LogP contribution in [0, 0.1) is 12.7 Å². The van der Waals surface area contributed by atoms with Crippen LogP contribution in [0.2, 0.25) is 0 Å². The fraction of sp³-hybridized carbons (Fsp3) is 0.609. The molecule has 32 heavy (non-hydrogen) atoms. The van der Waals surface area contributed by atoms with Gasteiger partial charge in [-0.05, 0) is 45.1 Å². The van der Waals surface area contributed by atoms with Crippen LogP contribution in [-0.2, 0) is 24.4 Å². The Labute approximate surface area is 185 Å². The molecule has 1 aromatic heterocycles. The predicted octanol–water partition coefficient (Wildman–Crippen LogP) is 2.42. The number of benzene rings is 1. The molecule has 2 atom stereocenters. The number of alkyl halides is 1. The van der Waals surface area contributed by atoms with E-state index < -0.39 is 18.1 Å². The fourth-order valence-electron chi connectivity index (χ4n) is 5.12. The summed E-state index contributed by atoms with van der Waals surface area (Å²) in [5.41, 5.74) is -0.493. The molecule has 0 radical (unpaired) electrons. The fourth-order valence-corrected chi connectivity index (χ4v) is 5.12. The minimum atomic E-state index is -0.683. The molecule has 174 valence electrons. The maximum atomic E-state index is 13.8. The van der Waals surface area contributed by atoms with Crippen LogP contribution in [0.1, 0.15) is 43.5 Å². The molecule has 4 rings (SSSR count). The molecule has 7 nitrogen and oxygen atoms in total. The Balaban J connectivity index is 1.32. The standard InChI is InChI=1S/C23H30F2N4O3/c1-16-26-22(30)29(23(31)27(16)12-9-24)11-4-10-28-18-7-8-19(28)14-20(13-18)32-15-17-5-2-3-6-21(17)25/h2-3,5-6,18-20H,4,7-15H2,1H3. The number of aryl methyl sites for hydroxylation is 1. The maximum Gasteiger partial charge on any atom is 0.353 e. The van der Waals surface area contributed by atoms with E-state index in [9.17, 15) is 18.4 Å². The van der Waals surface area contributed by atoms with Crippen molar-refractivity contribution < 1.29 is 13.5 Å². The largest absolute Gasteiger partial charge is 0.373 e. The highest BCUT2D eigenvalue weighted by Gasteiger charge is 2.40. The van der Waals surface area contributed by atoms with E-state index in [0.717, 1.165) is 36.8 Å². The van der Waals surface area contributed by atoms with Gasteiger partial charge in [0.15, 0.2) is 0 Å². The molecule has 2 aromatic rings. The Morgan fingerprint density at radius 3 is 2.47 bits per heavy atom. The van der Waals surface area contributed by atoms with Gasteiger partial charge in [0.05, 0.1) is 19.3 Å². The maximum absolute atomic E-state index is 13.8. The Morgan fingerprint density at radius 2 is 1.78 bits per heavy atom. The number of hydrogen-bond acceptors (Lipinski definition) is 5. The molecule has 0 aliphatic carbocycles. The van der Waals surface area contributed by atoms with Crippen LogP contribution in [0.15, 0.2) is 33.9 Å². The number of rotatable bonds is 9. The van der Waals surface area contributed by atoms with Crippen molar-refractivity contribution in [3.05, 3.63) is 62.4 Å². The Bertz CT molecular complexity index is 1040. The molecule has 0 amide bonds. The second kappa shape index (κ2) is 10.0. The lowest BCUT2D eigenvalue weighted by atomic mass is 9.99. The number of piperidine rings is 1. The van der Waals surface area contributed by atoms with Gasteiger partial charge >= 0.3 is 11.4 Å². The van der Waals surface area contributed by atoms with Gasteiger partial charge in [0.1, 0.15) is 18.3 Å². The first-order chi connectivity index (χ1) is 15.5. The van der Waals surface area contributed by atoms with Crippen molar-refractivity contribution >= 4 is 0 Å². The van der Waals surface area contributed by atoms with Gasteiger partial charge in [-0.25, -0.2) is 22.9 Å². The predicted molar refractivity (Wildman–Crippen MR) is 116 cm³/mol. The molecule has 0 spiro atoms. The van der Waals surface area contributed by atoms with Gasteiger partial charge < -0.3 is 4.74 Å². The average molecular weight is 449 g/mol. The number of fused-ring (bicyclic) bond motifs is 2. The minimum Gasteiger partial charge on any atom is -0.373 e. The van der Waals surface area contributed by atoms with Crippen LogP contribution in [0.4, 0.5) is 8.78 Å². The first kappa shape index (κ1) is 22.8. The second-order valence-corrected chi connectivity index (χ2v) is 8.69. The van der Waals surface area contributed by atoms with Crippen LogP contribution in [-0.4, -0.2) is 50.4 Å². The monoisotopic (exact) mass is 448 g/mol. The zero-order valence-electron chi connectivity index (χ0n) is 18.4. The molecule has 0 N–H and O–H groups in total. The van der Waals surface area contributed by atoms with Gasteiger partial charge in [-0.2, -0.15) is 4.98 Å². The first-order valence-electron chi connectivity index (χ1n) is 11.3. The summed E-state index contributed by atoms with van der Waals surface area (Å²) in [4.78, 5) is 31.0. The molecular weight excluding hydrogens is 418 g/mol. The van der Waals surface area contributed by atoms with E-state index in [1.807, 2.05) is 6.07 Å². The van der Waals surface area contributed by atoms with Crippen LogP contribution >= 0.6 is 0 Å². The van der Waals surface area contributed by atoms with Crippen LogP contribution in [0.5, 0.6) is 0 Å². The molecule has 9 heteroatoms. The first-order valence-corrected chi connectivity index (χ1v) is 11.3. The highest BCUT2D eigenvalue weighted by atomic mass is 19.1. The number of ether oxygens (including phenoxy) is 1. The van der Waals surface area contributed by atoms with Crippen molar-refractivity contribution in [2.75, 3.05) is 13.2 Å². The Hall–Kier alpha value is -2.39. The summed E-state index contributed by atoms with van der Waals surface area (Å²) in [6.07, 6.45) is 4.75. The van der Waals surface area contributed by atoms with E-state index in [4.69, 9.17) is 4.74 Å². The van der Waals surface area contributed by atoms with E-state index in [0.29, 0.717) is 24.1 Å². The van der Waals surface area contributed by atoms with Crippen molar-refractivity contribution in [2.24, 2.45) is 0 Å². The van der Waals surface area contributed by atoms with Crippen molar-refractivity contribution in [3.8, 4) is 0 Å². The number of hydrogen-bond donors (Lipinski definition) is 0. The minimum absolute atomic E-state index is 0.0948. The molecule has 2 aliphatic heterocycles. The summed E-state index contributed by atoms with van der Waals surface area (Å²) < 4.78 is 34.9. The summed E-state index contributed by atoms with van der Waals surface area (Å²) in [5.74, 6) is 0.00345. The van der Waals surface area contributed by atoms with Crippen molar-refractivity contribution in [1.29, 1.82) is 0 Å². The Kier molecular flexibility index (Phi) is 7.15. The molecule has 0 saturated carbocycles. The van der Waals surface area contributed by atoms with Gasteiger partial charge in [-0.15, -0.1) is 0 Å². The van der Waals surface area contributed by atoms with E-state index in [2.05, 4.69) is 9.88 Å². The van der Waals surface area contributed by atoms with E-state index in [-0.39, 0.29) is 37.4 Å². The number of nitrogens with zero attached hydrogens (tertiary/aromatic N) is 4. The third-order valence-electron chi connectivity index (χ3n) is 6.72. The summed E-state index contributed by atoms with van der Waals surface area (Å²) in [6, 6.07) is 7.49. The van der Waals surface area contributed by atoms with E-state index >= 15 is 0 Å². The molecule has 2 bridgehead atoms. The van der Waals surface area contributed by atoms with Crippen molar-refractivity contribution in [3.63, 3.8) is 0 Å². The van der Waals surface area contributed by atoms with Gasteiger partial charge in [-0.3, -0.25) is 9.47 Å². The summed E-state index contributed by atoms with van der Waals surface area (Å²) in [7, 11) is 0. The van der Waals surface area contributed by atoms with Crippen LogP contribution in [0.25, 0.3) is 0 Å². The van der Waals surface area contributed by atoms with E-state index in [1.165, 1.54) is 10.6 Å². The van der Waals surface area contributed by atoms with Crippen LogP contribution in [0.3, 0.4) is 0 Å². The van der Waals surface area contributed by atoms with Gasteiger partial charge in [0.25, 0.3) is 0 Å². The smallest absolute Gasteiger partial charge is 0.353 e. The molecule has 2 aliphatic rings. The second-order valence-electron chi connectivity index (χ2n) is 8.69. The third-order valence-corrected chi connectivity index (χ3v) is 6.72. The molecule has 2 fully saturated rings. The topological polar surface area (TPSA) is 69.4 Å². The zero-order valence-corrected chi connectivity index (χ0v) is 18.4. The molecule has 3 heterocycles. The molecule has 1 aromatic carbocycles. The number of halogens is 2. The van der Waals surface area contributed by atoms with Gasteiger partial charge in [0, 0.05) is 30.7 Å². The molecule has 2 unspecified atom stereocenters. The van der Waals surface area contributed by atoms with Crippen molar-refractivity contribution in [1.82, 2.24) is 19.0 Å². The van der Waals surface area contributed by atoms with Crippen LogP contribution < -0.4 is 11.4 Å².